The first-order chi connectivity index (χ1) is 9.80. The summed E-state index contributed by atoms with van der Waals surface area (Å²) in [6.45, 7) is 9.23. The molecule has 0 rings (SSSR count). The molecule has 0 saturated carbocycles. The zero-order valence-corrected chi connectivity index (χ0v) is 16.3. The zero-order valence-electron chi connectivity index (χ0n) is 15.4. The topological polar surface area (TPSA) is 69.6 Å². The Labute approximate surface area is 136 Å². The van der Waals surface area contributed by atoms with Crippen molar-refractivity contribution in [2.45, 2.75) is 59.5 Å². The van der Waals surface area contributed by atoms with Crippen molar-refractivity contribution in [3.63, 3.8) is 0 Å². The van der Waals surface area contributed by atoms with E-state index < -0.39 is 13.9 Å². The number of nitrogens with zero attached hydrogens (tertiary/aromatic N) is 1. The molecule has 0 aliphatic carbocycles. The third-order valence-corrected chi connectivity index (χ3v) is 4.29. The average molecular weight is 337 g/mol. The monoisotopic (exact) mass is 337 g/mol. The summed E-state index contributed by atoms with van der Waals surface area (Å²) in [6.07, 6.45) is 3.46. The molecule has 6 heteroatoms. The van der Waals surface area contributed by atoms with Crippen LogP contribution in [0.5, 0.6) is 0 Å². The summed E-state index contributed by atoms with van der Waals surface area (Å²) in [5, 5.41) is 0. The number of hydrogen-bond donors (Lipinski definition) is 1. The highest BCUT2D eigenvalue weighted by atomic mass is 31.2. The van der Waals surface area contributed by atoms with Gasteiger partial charge in [0.15, 0.2) is 0 Å². The van der Waals surface area contributed by atoms with Crippen molar-refractivity contribution >= 4 is 7.82 Å². The molecule has 0 aliphatic rings. The lowest BCUT2D eigenvalue weighted by molar-refractivity contribution is -0.873. The summed E-state index contributed by atoms with van der Waals surface area (Å²) in [4.78, 5) is 20.4. The molecule has 0 aliphatic heterocycles. The van der Waals surface area contributed by atoms with E-state index in [0.717, 1.165) is 25.7 Å². The number of phosphoric acid groups is 1. The van der Waals surface area contributed by atoms with E-state index in [1.165, 1.54) is 0 Å². The third-order valence-electron chi connectivity index (χ3n) is 3.75. The van der Waals surface area contributed by atoms with Crippen molar-refractivity contribution in [2.75, 3.05) is 27.7 Å². The second-order valence-corrected chi connectivity index (χ2v) is 9.44. The van der Waals surface area contributed by atoms with E-state index in [0.29, 0.717) is 22.9 Å². The van der Waals surface area contributed by atoms with Crippen molar-refractivity contribution in [1.29, 1.82) is 0 Å². The molecule has 0 aromatic carbocycles. The van der Waals surface area contributed by atoms with Crippen LogP contribution in [0.3, 0.4) is 0 Å². The van der Waals surface area contributed by atoms with Crippen molar-refractivity contribution < 1.29 is 23.4 Å². The van der Waals surface area contributed by atoms with E-state index in [-0.39, 0.29) is 5.92 Å². The van der Waals surface area contributed by atoms with Crippen molar-refractivity contribution in [2.24, 2.45) is 17.8 Å². The molecule has 0 aromatic rings. The highest BCUT2D eigenvalue weighted by Gasteiger charge is 2.30. The average Bonchev–Trinajstić information content (AvgIpc) is 2.23. The van der Waals surface area contributed by atoms with Crippen molar-refractivity contribution in [1.82, 2.24) is 0 Å². The van der Waals surface area contributed by atoms with Gasteiger partial charge in [-0.05, 0) is 30.6 Å². The molecule has 0 aromatic heterocycles. The zero-order chi connectivity index (χ0) is 17.6. The van der Waals surface area contributed by atoms with Gasteiger partial charge in [-0.25, -0.2) is 0 Å². The van der Waals surface area contributed by atoms with Gasteiger partial charge in [-0.3, -0.25) is 4.57 Å². The molecule has 2 unspecified atom stereocenters. The molecule has 0 amide bonds. The van der Waals surface area contributed by atoms with Gasteiger partial charge in [0.1, 0.15) is 12.6 Å². The van der Waals surface area contributed by atoms with Crippen molar-refractivity contribution in [3.05, 3.63) is 0 Å². The molecule has 2 atom stereocenters. The van der Waals surface area contributed by atoms with E-state index in [1.807, 2.05) is 21.1 Å². The van der Waals surface area contributed by atoms with E-state index in [9.17, 15) is 9.46 Å². The van der Waals surface area contributed by atoms with Crippen LogP contribution < -0.4 is 4.89 Å². The van der Waals surface area contributed by atoms with Crippen LogP contribution in [0, 0.1) is 17.8 Å². The van der Waals surface area contributed by atoms with Crippen LogP contribution in [0.15, 0.2) is 0 Å². The minimum absolute atomic E-state index is 0.150. The molecule has 22 heavy (non-hydrogen) atoms. The maximum atomic E-state index is 11.3. The maximum absolute atomic E-state index is 11.3. The summed E-state index contributed by atoms with van der Waals surface area (Å²) in [6, 6.07) is 0. The number of likely N-dealkylation sites (N-methyl/N-ethyl adjacent to an activating group) is 1. The van der Waals surface area contributed by atoms with Gasteiger partial charge in [0, 0.05) is 0 Å². The summed E-state index contributed by atoms with van der Waals surface area (Å²) in [5.74, 6) is 1.29. The molecule has 134 valence electrons. The first-order valence-electron chi connectivity index (χ1n) is 8.33. The smallest absolute Gasteiger partial charge is 0.265 e. The predicted octanol–water partition coefficient (Wildman–Crippen LogP) is 3.03. The van der Waals surface area contributed by atoms with Crippen LogP contribution in [0.25, 0.3) is 0 Å². The molecule has 1 N–H and O–H groups in total. The fraction of sp³-hybridized carbons (Fsp3) is 1.00. The highest BCUT2D eigenvalue weighted by molar-refractivity contribution is 7.44. The number of rotatable bonds is 11. The van der Waals surface area contributed by atoms with Crippen LogP contribution in [-0.4, -0.2) is 43.2 Å². The van der Waals surface area contributed by atoms with Gasteiger partial charge in [0.05, 0.1) is 21.1 Å². The standard InChI is InChI=1S/C16H36NO4P/c1-13(2)8-10-15(11-9-14(3)4)16(12-17(5,6)7)21-22(18,19)20/h13-16H,8-12H2,1-7H3,(H-,18,19,20). The van der Waals surface area contributed by atoms with Crippen LogP contribution in [0.1, 0.15) is 53.4 Å². The molecule has 0 saturated heterocycles. The normalized spacial score (nSPS) is 17.3. The Balaban J connectivity index is 5.07. The van der Waals surface area contributed by atoms with Gasteiger partial charge in [-0.15, -0.1) is 0 Å². The van der Waals surface area contributed by atoms with Gasteiger partial charge >= 0.3 is 0 Å². The Hall–Kier alpha value is 0.0700. The van der Waals surface area contributed by atoms with E-state index in [2.05, 4.69) is 27.7 Å². The number of hydrogen-bond acceptors (Lipinski definition) is 3. The molecular weight excluding hydrogens is 301 g/mol. The summed E-state index contributed by atoms with van der Waals surface area (Å²) in [5.41, 5.74) is 0. The minimum Gasteiger partial charge on any atom is -0.756 e. The SMILES string of the molecule is CC(C)CCC(CCC(C)C)C(C[N+](C)(C)C)OP(=O)([O-])O. The van der Waals surface area contributed by atoms with E-state index in [4.69, 9.17) is 9.42 Å². The van der Waals surface area contributed by atoms with E-state index >= 15 is 0 Å². The number of phosphoric ester groups is 1. The van der Waals surface area contributed by atoms with Gasteiger partial charge in [-0.1, -0.05) is 40.5 Å². The second kappa shape index (κ2) is 9.39. The Kier molecular flexibility index (Phi) is 9.42. The molecule has 0 radical (unpaired) electrons. The van der Waals surface area contributed by atoms with Crippen LogP contribution >= 0.6 is 7.82 Å². The lowest BCUT2D eigenvalue weighted by Crippen LogP contribution is -2.45. The third kappa shape index (κ3) is 12.6. The summed E-state index contributed by atoms with van der Waals surface area (Å²) < 4.78 is 16.9. The maximum Gasteiger partial charge on any atom is 0.265 e. The lowest BCUT2D eigenvalue weighted by atomic mass is 9.87. The molecule has 5 nitrogen and oxygen atoms in total. The van der Waals surface area contributed by atoms with Crippen molar-refractivity contribution in [3.8, 4) is 0 Å². The molecule has 0 bridgehead atoms. The fourth-order valence-corrected chi connectivity index (χ4v) is 3.17. The highest BCUT2D eigenvalue weighted by Crippen LogP contribution is 2.38. The predicted molar refractivity (Wildman–Crippen MR) is 89.2 cm³/mol. The Morgan fingerprint density at radius 3 is 1.68 bits per heavy atom. The Bertz CT molecular complexity index is 335. The molecule has 0 fully saturated rings. The molecule has 0 heterocycles. The van der Waals surface area contributed by atoms with Crippen LogP contribution in [0.2, 0.25) is 0 Å². The van der Waals surface area contributed by atoms with Gasteiger partial charge in [0.25, 0.3) is 7.82 Å². The molecular formula is C16H36NO4P. The first kappa shape index (κ1) is 22.1. The van der Waals surface area contributed by atoms with Crippen LogP contribution in [0.4, 0.5) is 0 Å². The first-order valence-corrected chi connectivity index (χ1v) is 9.82. The summed E-state index contributed by atoms with van der Waals surface area (Å²) >= 11 is 0. The quantitative estimate of drug-likeness (QED) is 0.465. The second-order valence-electron chi connectivity index (χ2n) is 8.29. The van der Waals surface area contributed by atoms with Gasteiger partial charge < -0.3 is 18.8 Å². The van der Waals surface area contributed by atoms with Gasteiger partial charge in [0.2, 0.25) is 0 Å². The van der Waals surface area contributed by atoms with Gasteiger partial charge in [-0.2, -0.15) is 0 Å². The van der Waals surface area contributed by atoms with E-state index in [1.54, 1.807) is 0 Å². The Morgan fingerprint density at radius 1 is 1.00 bits per heavy atom. The summed E-state index contributed by atoms with van der Waals surface area (Å²) in [7, 11) is 1.30. The minimum atomic E-state index is -4.72. The number of quaternary nitrogens is 1. The Morgan fingerprint density at radius 2 is 1.41 bits per heavy atom. The largest absolute Gasteiger partial charge is 0.756 e. The lowest BCUT2D eigenvalue weighted by Gasteiger charge is -2.36. The molecule has 0 spiro atoms. The fourth-order valence-electron chi connectivity index (χ4n) is 2.59. The van der Waals surface area contributed by atoms with Crippen LogP contribution in [-0.2, 0) is 9.09 Å².